The van der Waals surface area contributed by atoms with E-state index in [1.54, 1.807) is 4.90 Å². The summed E-state index contributed by atoms with van der Waals surface area (Å²) in [4.78, 5) is 14.9. The monoisotopic (exact) mass is 306 g/mol. The maximum absolute atomic E-state index is 12.6. The lowest BCUT2D eigenvalue weighted by Gasteiger charge is -2.25. The molecule has 0 aliphatic rings. The number of carbonyl (C=O) groups excluding carboxylic acids is 1. The molecule has 0 saturated heterocycles. The molecule has 20 heavy (non-hydrogen) atoms. The Hall–Kier alpha value is -1.57. The zero-order valence-corrected chi connectivity index (χ0v) is 13.0. The number of halogens is 1. The molecule has 3 nitrogen and oxygen atoms in total. The largest absolute Gasteiger partial charge is 0.334 e. The van der Waals surface area contributed by atoms with Crippen LogP contribution >= 0.6 is 22.9 Å². The van der Waals surface area contributed by atoms with Crippen molar-refractivity contribution < 1.29 is 4.79 Å². The second kappa shape index (κ2) is 6.25. The van der Waals surface area contributed by atoms with Crippen molar-refractivity contribution in [1.29, 1.82) is 5.26 Å². The molecule has 1 amide bonds. The van der Waals surface area contributed by atoms with Gasteiger partial charge in [-0.1, -0.05) is 29.8 Å². The van der Waals surface area contributed by atoms with Crippen molar-refractivity contribution in [1.82, 2.24) is 4.90 Å². The number of benzene rings is 1. The Labute approximate surface area is 127 Å². The van der Waals surface area contributed by atoms with E-state index in [4.69, 9.17) is 16.9 Å². The Kier molecular flexibility index (Phi) is 4.64. The molecule has 1 heterocycles. The molecule has 0 saturated carbocycles. The molecule has 0 fully saturated rings. The number of nitriles is 1. The van der Waals surface area contributed by atoms with Crippen molar-refractivity contribution in [3.05, 3.63) is 34.2 Å². The Balaban J connectivity index is 2.39. The summed E-state index contributed by atoms with van der Waals surface area (Å²) in [5, 5.41) is 10.1. The SMILES string of the molecule is CC(C)N(CCC#N)C(=O)c1sc2ccccc2c1Cl. The van der Waals surface area contributed by atoms with E-state index in [0.29, 0.717) is 22.9 Å². The lowest BCUT2D eigenvalue weighted by Crippen LogP contribution is -2.37. The fraction of sp³-hybridized carbons (Fsp3) is 0.333. The van der Waals surface area contributed by atoms with Crippen LogP contribution in [0, 0.1) is 11.3 Å². The summed E-state index contributed by atoms with van der Waals surface area (Å²) in [5.74, 6) is -0.0959. The highest BCUT2D eigenvalue weighted by molar-refractivity contribution is 7.21. The van der Waals surface area contributed by atoms with Crippen molar-refractivity contribution in [3.63, 3.8) is 0 Å². The molecular formula is C15H15ClN2OS. The minimum atomic E-state index is -0.0959. The number of fused-ring (bicyclic) bond motifs is 1. The molecule has 0 unspecified atom stereocenters. The molecule has 0 aliphatic carbocycles. The van der Waals surface area contributed by atoms with E-state index >= 15 is 0 Å². The number of amides is 1. The average molecular weight is 307 g/mol. The Morgan fingerprint density at radius 1 is 1.45 bits per heavy atom. The highest BCUT2D eigenvalue weighted by Gasteiger charge is 2.23. The normalized spacial score (nSPS) is 10.8. The Morgan fingerprint density at radius 3 is 2.75 bits per heavy atom. The van der Waals surface area contributed by atoms with E-state index in [9.17, 15) is 4.79 Å². The fourth-order valence-electron chi connectivity index (χ4n) is 2.05. The summed E-state index contributed by atoms with van der Waals surface area (Å²) in [6.07, 6.45) is 0.326. The van der Waals surface area contributed by atoms with Gasteiger partial charge in [0.05, 0.1) is 17.5 Å². The lowest BCUT2D eigenvalue weighted by molar-refractivity contribution is 0.0715. The van der Waals surface area contributed by atoms with Crippen LogP contribution in [0.2, 0.25) is 5.02 Å². The number of hydrogen-bond donors (Lipinski definition) is 0. The summed E-state index contributed by atoms with van der Waals surface area (Å²) in [7, 11) is 0. The number of nitrogens with zero attached hydrogens (tertiary/aromatic N) is 2. The predicted octanol–water partition coefficient (Wildman–Crippen LogP) is 4.32. The van der Waals surface area contributed by atoms with Crippen molar-refractivity contribution in [2.45, 2.75) is 26.3 Å². The van der Waals surface area contributed by atoms with E-state index < -0.39 is 0 Å². The van der Waals surface area contributed by atoms with E-state index in [2.05, 4.69) is 6.07 Å². The Morgan fingerprint density at radius 2 is 2.15 bits per heavy atom. The first-order chi connectivity index (χ1) is 9.56. The van der Waals surface area contributed by atoms with Crippen LogP contribution in [-0.4, -0.2) is 23.4 Å². The molecule has 0 radical (unpaired) electrons. The van der Waals surface area contributed by atoms with Gasteiger partial charge in [0.15, 0.2) is 0 Å². The molecule has 1 aromatic heterocycles. The maximum atomic E-state index is 12.6. The average Bonchev–Trinajstić information content (AvgIpc) is 2.76. The van der Waals surface area contributed by atoms with E-state index in [0.717, 1.165) is 10.1 Å². The molecule has 2 rings (SSSR count). The molecular weight excluding hydrogens is 292 g/mol. The van der Waals surface area contributed by atoms with Gasteiger partial charge in [-0.15, -0.1) is 11.3 Å². The minimum absolute atomic E-state index is 0.0390. The first kappa shape index (κ1) is 14.8. The third kappa shape index (κ3) is 2.79. The minimum Gasteiger partial charge on any atom is -0.334 e. The molecule has 5 heteroatoms. The van der Waals surface area contributed by atoms with Crippen LogP contribution in [0.15, 0.2) is 24.3 Å². The second-order valence-electron chi connectivity index (χ2n) is 4.74. The summed E-state index contributed by atoms with van der Waals surface area (Å²) in [6, 6.07) is 9.83. The molecule has 0 aliphatic heterocycles. The molecule has 2 aromatic rings. The summed E-state index contributed by atoms with van der Waals surface area (Å²) in [5.41, 5.74) is 0. The summed E-state index contributed by atoms with van der Waals surface area (Å²) >= 11 is 7.74. The predicted molar refractivity (Wildman–Crippen MR) is 83.2 cm³/mol. The highest BCUT2D eigenvalue weighted by atomic mass is 35.5. The van der Waals surface area contributed by atoms with Crippen LogP contribution < -0.4 is 0 Å². The van der Waals surface area contributed by atoms with Crippen LogP contribution in [-0.2, 0) is 0 Å². The number of carbonyl (C=O) groups is 1. The molecule has 0 atom stereocenters. The van der Waals surface area contributed by atoms with Gasteiger partial charge < -0.3 is 4.90 Å². The van der Waals surface area contributed by atoms with Crippen LogP contribution in [0.3, 0.4) is 0 Å². The first-order valence-electron chi connectivity index (χ1n) is 6.41. The number of thiophene rings is 1. The lowest BCUT2D eigenvalue weighted by atomic mass is 10.2. The molecule has 104 valence electrons. The smallest absolute Gasteiger partial charge is 0.265 e. The van der Waals surface area contributed by atoms with Crippen LogP contribution in [0.5, 0.6) is 0 Å². The van der Waals surface area contributed by atoms with Crippen molar-refractivity contribution in [2.75, 3.05) is 6.54 Å². The third-order valence-corrected chi connectivity index (χ3v) is 4.74. The van der Waals surface area contributed by atoms with Gasteiger partial charge in [-0.3, -0.25) is 4.79 Å². The second-order valence-corrected chi connectivity index (χ2v) is 6.17. The van der Waals surface area contributed by atoms with Gasteiger partial charge in [-0.25, -0.2) is 0 Å². The molecule has 0 spiro atoms. The summed E-state index contributed by atoms with van der Waals surface area (Å²) < 4.78 is 1.00. The standard InChI is InChI=1S/C15H15ClN2OS/c1-10(2)18(9-5-8-17)15(19)14-13(16)11-6-3-4-7-12(11)20-14/h3-4,6-7,10H,5,9H2,1-2H3. The third-order valence-electron chi connectivity index (χ3n) is 3.08. The van der Waals surface area contributed by atoms with Gasteiger partial charge in [0.2, 0.25) is 0 Å². The van der Waals surface area contributed by atoms with E-state index in [1.165, 1.54) is 11.3 Å². The highest BCUT2D eigenvalue weighted by Crippen LogP contribution is 2.36. The number of rotatable bonds is 4. The topological polar surface area (TPSA) is 44.1 Å². The van der Waals surface area contributed by atoms with Gasteiger partial charge in [0, 0.05) is 22.7 Å². The van der Waals surface area contributed by atoms with Crippen molar-refractivity contribution in [3.8, 4) is 6.07 Å². The zero-order chi connectivity index (χ0) is 14.7. The molecule has 1 aromatic carbocycles. The number of hydrogen-bond acceptors (Lipinski definition) is 3. The van der Waals surface area contributed by atoms with E-state index in [-0.39, 0.29) is 11.9 Å². The maximum Gasteiger partial charge on any atom is 0.265 e. The summed E-state index contributed by atoms with van der Waals surface area (Å²) in [6.45, 7) is 4.31. The quantitative estimate of drug-likeness (QED) is 0.844. The van der Waals surface area contributed by atoms with Gasteiger partial charge >= 0.3 is 0 Å². The van der Waals surface area contributed by atoms with Gasteiger partial charge in [0.25, 0.3) is 5.91 Å². The first-order valence-corrected chi connectivity index (χ1v) is 7.60. The van der Waals surface area contributed by atoms with Gasteiger partial charge in [-0.2, -0.15) is 5.26 Å². The molecule has 0 N–H and O–H groups in total. The fourth-order valence-corrected chi connectivity index (χ4v) is 3.51. The Bertz CT molecular complexity index is 672. The van der Waals surface area contributed by atoms with Gasteiger partial charge in [-0.05, 0) is 19.9 Å². The van der Waals surface area contributed by atoms with Crippen LogP contribution in [0.1, 0.15) is 29.9 Å². The molecule has 0 bridgehead atoms. The van der Waals surface area contributed by atoms with Gasteiger partial charge in [0.1, 0.15) is 4.88 Å². The van der Waals surface area contributed by atoms with Crippen molar-refractivity contribution >= 4 is 38.9 Å². The van der Waals surface area contributed by atoms with Crippen LogP contribution in [0.4, 0.5) is 0 Å². The van der Waals surface area contributed by atoms with E-state index in [1.807, 2.05) is 38.1 Å². The zero-order valence-electron chi connectivity index (χ0n) is 11.4. The van der Waals surface area contributed by atoms with Crippen molar-refractivity contribution in [2.24, 2.45) is 0 Å². The van der Waals surface area contributed by atoms with Crippen LogP contribution in [0.25, 0.3) is 10.1 Å².